The number of piperazine rings is 1. The van der Waals surface area contributed by atoms with E-state index in [1.54, 1.807) is 0 Å². The number of carbonyl (C=O) groups excluding carboxylic acids is 2. The first-order valence-corrected chi connectivity index (χ1v) is 10.8. The van der Waals surface area contributed by atoms with Crippen molar-refractivity contribution in [2.45, 2.75) is 38.6 Å². The molecule has 0 aliphatic carbocycles. The van der Waals surface area contributed by atoms with Crippen molar-refractivity contribution < 1.29 is 9.59 Å². The minimum atomic E-state index is -0.400. The summed E-state index contributed by atoms with van der Waals surface area (Å²) in [4.78, 5) is 30.9. The molecule has 1 unspecified atom stereocenters. The molecule has 4 nitrogen and oxygen atoms in total. The molecule has 1 fully saturated rings. The number of hydrogen-bond donors (Lipinski definition) is 0. The largest absolute Gasteiger partial charge is 0.301 e. The summed E-state index contributed by atoms with van der Waals surface area (Å²) in [5.41, 5.74) is 1.36. The number of benzene rings is 2. The van der Waals surface area contributed by atoms with Gasteiger partial charge in [-0.25, -0.2) is 0 Å². The second-order valence-corrected chi connectivity index (χ2v) is 7.82. The Morgan fingerprint density at radius 1 is 0.833 bits per heavy atom. The van der Waals surface area contributed by atoms with Crippen LogP contribution in [-0.2, 0) is 0 Å². The average molecular weight is 429 g/mol. The zero-order valence-electron chi connectivity index (χ0n) is 17.8. The Morgan fingerprint density at radius 2 is 1.40 bits per heavy atom. The van der Waals surface area contributed by atoms with E-state index in [1.807, 2.05) is 60.7 Å². The van der Waals surface area contributed by atoms with Crippen LogP contribution >= 0.6 is 12.4 Å². The molecule has 1 saturated heterocycles. The van der Waals surface area contributed by atoms with Crippen LogP contribution in [0, 0.1) is 0 Å². The molecule has 0 amide bonds. The van der Waals surface area contributed by atoms with Crippen molar-refractivity contribution in [3.05, 3.63) is 71.8 Å². The second kappa shape index (κ2) is 12.6. The Balaban J connectivity index is 0.00000320. The summed E-state index contributed by atoms with van der Waals surface area (Å²) in [5.74, 6) is 0.0829. The van der Waals surface area contributed by atoms with Crippen LogP contribution in [0.3, 0.4) is 0 Å². The predicted molar refractivity (Wildman–Crippen MR) is 125 cm³/mol. The van der Waals surface area contributed by atoms with E-state index >= 15 is 0 Å². The maximum atomic E-state index is 13.3. The highest BCUT2D eigenvalue weighted by Crippen LogP contribution is 2.18. The molecule has 2 aromatic rings. The second-order valence-electron chi connectivity index (χ2n) is 7.82. The third-order valence-corrected chi connectivity index (χ3v) is 5.76. The summed E-state index contributed by atoms with van der Waals surface area (Å²) in [6, 6.07) is 18.3. The van der Waals surface area contributed by atoms with Gasteiger partial charge in [-0.2, -0.15) is 0 Å². The van der Waals surface area contributed by atoms with Gasteiger partial charge in [0.2, 0.25) is 0 Å². The van der Waals surface area contributed by atoms with Gasteiger partial charge in [-0.3, -0.25) is 14.5 Å². The highest BCUT2D eigenvalue weighted by molar-refractivity contribution is 6.05. The zero-order valence-corrected chi connectivity index (χ0v) is 18.7. The van der Waals surface area contributed by atoms with Gasteiger partial charge in [-0.05, 0) is 13.0 Å². The Morgan fingerprint density at radius 3 is 1.97 bits per heavy atom. The van der Waals surface area contributed by atoms with Crippen LogP contribution in [0.4, 0.5) is 0 Å². The highest BCUT2D eigenvalue weighted by Gasteiger charge is 2.31. The standard InChI is InChI=1S/C25H32N2O2.ClH/c1-2-3-10-15-26-16-18-27(19-17-26)23(25(29)22-13-8-5-9-14-22)20-24(28)21-11-6-4-7-12-21;/h4-9,11-14,23H,2-3,10,15-20H2,1H3;1H. The number of Topliss-reactive ketones (excluding diaryl/α,β-unsaturated/α-hetero) is 2. The molecule has 1 heterocycles. The third kappa shape index (κ3) is 6.76. The van der Waals surface area contributed by atoms with Crippen molar-refractivity contribution in [1.29, 1.82) is 0 Å². The molecular formula is C25H33ClN2O2. The molecular weight excluding hydrogens is 396 g/mol. The minimum Gasteiger partial charge on any atom is -0.301 e. The molecule has 0 radical (unpaired) electrons. The fraction of sp³-hybridized carbons (Fsp3) is 0.440. The van der Waals surface area contributed by atoms with Crippen molar-refractivity contribution in [3.63, 3.8) is 0 Å². The number of carbonyl (C=O) groups is 2. The van der Waals surface area contributed by atoms with E-state index in [-0.39, 0.29) is 30.4 Å². The Labute approximate surface area is 186 Å². The van der Waals surface area contributed by atoms with E-state index in [0.29, 0.717) is 11.1 Å². The molecule has 1 aliphatic heterocycles. The minimum absolute atomic E-state index is 0. The van der Waals surface area contributed by atoms with E-state index in [1.165, 1.54) is 19.3 Å². The number of nitrogens with zero attached hydrogens (tertiary/aromatic N) is 2. The molecule has 0 saturated carbocycles. The zero-order chi connectivity index (χ0) is 20.5. The number of rotatable bonds is 10. The average Bonchev–Trinajstić information content (AvgIpc) is 2.79. The van der Waals surface area contributed by atoms with Crippen molar-refractivity contribution >= 4 is 24.0 Å². The first kappa shape index (κ1) is 24.3. The summed E-state index contributed by atoms with van der Waals surface area (Å²) < 4.78 is 0. The summed E-state index contributed by atoms with van der Waals surface area (Å²) in [6.07, 6.45) is 3.96. The molecule has 0 aromatic heterocycles. The van der Waals surface area contributed by atoms with Gasteiger partial charge in [0.15, 0.2) is 11.6 Å². The first-order valence-electron chi connectivity index (χ1n) is 10.8. The Kier molecular flexibility index (Phi) is 10.2. The van der Waals surface area contributed by atoms with Crippen LogP contribution in [0.5, 0.6) is 0 Å². The van der Waals surface area contributed by atoms with Gasteiger partial charge in [-0.1, -0.05) is 80.4 Å². The van der Waals surface area contributed by atoms with E-state index in [4.69, 9.17) is 0 Å². The fourth-order valence-corrected chi connectivity index (χ4v) is 3.98. The number of ketones is 2. The lowest BCUT2D eigenvalue weighted by Crippen LogP contribution is -2.53. The van der Waals surface area contributed by atoms with Crippen LogP contribution < -0.4 is 0 Å². The van der Waals surface area contributed by atoms with Gasteiger partial charge in [0.1, 0.15) is 0 Å². The van der Waals surface area contributed by atoms with Crippen molar-refractivity contribution in [2.24, 2.45) is 0 Å². The number of unbranched alkanes of at least 4 members (excludes halogenated alkanes) is 2. The Hall–Kier alpha value is -2.01. The molecule has 1 aliphatic rings. The lowest BCUT2D eigenvalue weighted by atomic mass is 9.95. The van der Waals surface area contributed by atoms with E-state index in [2.05, 4.69) is 16.7 Å². The van der Waals surface area contributed by atoms with E-state index in [9.17, 15) is 9.59 Å². The normalized spacial score (nSPS) is 15.9. The lowest BCUT2D eigenvalue weighted by Gasteiger charge is -2.38. The topological polar surface area (TPSA) is 40.6 Å². The molecule has 5 heteroatoms. The molecule has 3 rings (SSSR count). The van der Waals surface area contributed by atoms with E-state index in [0.717, 1.165) is 32.7 Å². The molecule has 0 N–H and O–H groups in total. The molecule has 2 aromatic carbocycles. The van der Waals surface area contributed by atoms with Crippen molar-refractivity contribution in [3.8, 4) is 0 Å². The van der Waals surface area contributed by atoms with Crippen molar-refractivity contribution in [1.82, 2.24) is 9.80 Å². The smallest absolute Gasteiger partial charge is 0.180 e. The maximum absolute atomic E-state index is 13.3. The summed E-state index contributed by atoms with van der Waals surface area (Å²) in [5, 5.41) is 0. The van der Waals surface area contributed by atoms with Crippen LogP contribution in [0.25, 0.3) is 0 Å². The van der Waals surface area contributed by atoms with E-state index < -0.39 is 6.04 Å². The highest BCUT2D eigenvalue weighted by atomic mass is 35.5. The summed E-state index contributed by atoms with van der Waals surface area (Å²) >= 11 is 0. The third-order valence-electron chi connectivity index (χ3n) is 5.76. The molecule has 0 spiro atoms. The lowest BCUT2D eigenvalue weighted by molar-refractivity contribution is 0.0608. The SMILES string of the molecule is CCCCCN1CCN(C(CC(=O)c2ccccc2)C(=O)c2ccccc2)CC1.Cl. The van der Waals surface area contributed by atoms with Gasteiger partial charge >= 0.3 is 0 Å². The number of halogens is 1. The fourth-order valence-electron chi connectivity index (χ4n) is 3.98. The molecule has 1 atom stereocenters. The van der Waals surface area contributed by atoms with Gasteiger partial charge in [-0.15, -0.1) is 12.4 Å². The van der Waals surface area contributed by atoms with Crippen LogP contribution in [0.15, 0.2) is 60.7 Å². The van der Waals surface area contributed by atoms with Crippen LogP contribution in [0.1, 0.15) is 53.3 Å². The van der Waals surface area contributed by atoms with Gasteiger partial charge in [0, 0.05) is 43.7 Å². The molecule has 30 heavy (non-hydrogen) atoms. The number of hydrogen-bond acceptors (Lipinski definition) is 4. The maximum Gasteiger partial charge on any atom is 0.180 e. The van der Waals surface area contributed by atoms with Gasteiger partial charge in [0.25, 0.3) is 0 Å². The molecule has 162 valence electrons. The van der Waals surface area contributed by atoms with Crippen LogP contribution in [-0.4, -0.2) is 60.1 Å². The first-order chi connectivity index (χ1) is 14.2. The summed E-state index contributed by atoms with van der Waals surface area (Å²) in [7, 11) is 0. The quantitative estimate of drug-likeness (QED) is 0.404. The summed E-state index contributed by atoms with van der Waals surface area (Å²) in [6.45, 7) is 6.93. The predicted octanol–water partition coefficient (Wildman–Crippen LogP) is 4.74. The van der Waals surface area contributed by atoms with Crippen LogP contribution in [0.2, 0.25) is 0 Å². The van der Waals surface area contributed by atoms with Gasteiger partial charge < -0.3 is 4.90 Å². The van der Waals surface area contributed by atoms with Crippen molar-refractivity contribution in [2.75, 3.05) is 32.7 Å². The molecule has 0 bridgehead atoms. The van der Waals surface area contributed by atoms with Gasteiger partial charge in [0.05, 0.1) is 6.04 Å². The Bertz CT molecular complexity index is 774. The monoisotopic (exact) mass is 428 g/mol.